The molecule has 7 heteroatoms. The lowest BCUT2D eigenvalue weighted by atomic mass is 9.75. The van der Waals surface area contributed by atoms with E-state index in [1.807, 2.05) is 6.92 Å². The van der Waals surface area contributed by atoms with Crippen molar-refractivity contribution in [3.63, 3.8) is 0 Å². The van der Waals surface area contributed by atoms with Crippen LogP contribution in [-0.2, 0) is 13.1 Å². The van der Waals surface area contributed by atoms with Crippen LogP contribution in [0.15, 0.2) is 9.59 Å². The van der Waals surface area contributed by atoms with Crippen LogP contribution in [-0.4, -0.2) is 23.5 Å². The number of alkyl halides is 1. The lowest BCUT2D eigenvalue weighted by Gasteiger charge is -2.30. The molecule has 140 valence electrons. The number of hydrogen-bond acceptors (Lipinski definition) is 3. The molecule has 6 nitrogen and oxygen atoms in total. The summed E-state index contributed by atoms with van der Waals surface area (Å²) in [6.45, 7) is 3.04. The molecule has 0 saturated heterocycles. The fourth-order valence-corrected chi connectivity index (χ4v) is 6.69. The van der Waals surface area contributed by atoms with Crippen LogP contribution in [0.4, 0.5) is 0 Å². The van der Waals surface area contributed by atoms with Crippen molar-refractivity contribution in [2.24, 2.45) is 23.7 Å². The first-order valence-corrected chi connectivity index (χ1v) is 11.4. The van der Waals surface area contributed by atoms with Gasteiger partial charge in [-0.15, -0.1) is 0 Å². The van der Waals surface area contributed by atoms with Gasteiger partial charge in [-0.25, -0.2) is 9.78 Å². The molecule has 0 spiro atoms. The van der Waals surface area contributed by atoms with Crippen LogP contribution < -0.4 is 11.2 Å². The number of fused-ring (bicyclic) bond motifs is 1. The summed E-state index contributed by atoms with van der Waals surface area (Å²) < 4.78 is 3.89. The first-order chi connectivity index (χ1) is 12.6. The van der Waals surface area contributed by atoms with Crippen LogP contribution in [0, 0.1) is 23.7 Å². The minimum atomic E-state index is -0.215. The number of nitrogens with one attached hydrogen (secondary N) is 1. The minimum absolute atomic E-state index is 0.206. The molecule has 1 N–H and O–H groups in total. The summed E-state index contributed by atoms with van der Waals surface area (Å²) in [6, 6.07) is 0. The number of imidazole rings is 1. The van der Waals surface area contributed by atoms with Gasteiger partial charge >= 0.3 is 5.69 Å². The average Bonchev–Trinajstić information content (AvgIpc) is 3.24. The third-order valence-electron chi connectivity index (χ3n) is 7.01. The molecule has 4 aliphatic rings. The second kappa shape index (κ2) is 6.21. The molecular weight excluding hydrogens is 443 g/mol. The summed E-state index contributed by atoms with van der Waals surface area (Å²) in [5, 5.41) is 0. The molecular formula is C19H25IN4O2. The van der Waals surface area contributed by atoms with E-state index in [-0.39, 0.29) is 11.2 Å². The summed E-state index contributed by atoms with van der Waals surface area (Å²) in [5.41, 5.74) is 0.669. The SMILES string of the molecule is CCCn1c(=O)c2[nH]c(C3C4CC5CC(C4)C3C5)nc2n(CCI)c1=O. The molecule has 4 aliphatic carbocycles. The molecule has 4 bridgehead atoms. The maximum absolute atomic E-state index is 12.9. The monoisotopic (exact) mass is 468 g/mol. The highest BCUT2D eigenvalue weighted by atomic mass is 127. The van der Waals surface area contributed by atoms with Crippen LogP contribution in [0.1, 0.15) is 50.8 Å². The van der Waals surface area contributed by atoms with Crippen LogP contribution in [0.5, 0.6) is 0 Å². The molecule has 6 rings (SSSR count). The average molecular weight is 468 g/mol. The van der Waals surface area contributed by atoms with E-state index in [9.17, 15) is 9.59 Å². The smallest absolute Gasteiger partial charge is 0.332 e. The van der Waals surface area contributed by atoms with Crippen LogP contribution >= 0.6 is 22.6 Å². The third-order valence-corrected chi connectivity index (χ3v) is 7.49. The van der Waals surface area contributed by atoms with Gasteiger partial charge in [0.25, 0.3) is 5.56 Å². The molecule has 0 amide bonds. The Hall–Kier alpha value is -1.12. The molecule has 4 saturated carbocycles. The van der Waals surface area contributed by atoms with Crippen molar-refractivity contribution in [2.45, 2.75) is 58.0 Å². The Bertz CT molecular complexity index is 970. The maximum atomic E-state index is 12.9. The van der Waals surface area contributed by atoms with E-state index < -0.39 is 0 Å². The van der Waals surface area contributed by atoms with E-state index >= 15 is 0 Å². The number of hydrogen-bond donors (Lipinski definition) is 1. The molecule has 4 fully saturated rings. The van der Waals surface area contributed by atoms with E-state index in [1.54, 1.807) is 4.57 Å². The molecule has 5 unspecified atom stereocenters. The number of aryl methyl sites for hydroxylation is 1. The summed E-state index contributed by atoms with van der Waals surface area (Å²) >= 11 is 2.27. The van der Waals surface area contributed by atoms with Crippen LogP contribution in [0.25, 0.3) is 11.2 Å². The number of rotatable bonds is 5. The van der Waals surface area contributed by atoms with Crippen molar-refractivity contribution >= 4 is 33.8 Å². The molecule has 2 heterocycles. The van der Waals surface area contributed by atoms with Gasteiger partial charge in [-0.3, -0.25) is 13.9 Å². The van der Waals surface area contributed by atoms with Crippen molar-refractivity contribution in [2.75, 3.05) is 4.43 Å². The van der Waals surface area contributed by atoms with Crippen molar-refractivity contribution in [3.8, 4) is 0 Å². The highest BCUT2D eigenvalue weighted by Gasteiger charge is 2.55. The lowest BCUT2D eigenvalue weighted by molar-refractivity contribution is 0.244. The molecule has 2 aromatic heterocycles. The Morgan fingerprint density at radius 2 is 1.92 bits per heavy atom. The van der Waals surface area contributed by atoms with Gasteiger partial charge in [0.15, 0.2) is 5.65 Å². The molecule has 26 heavy (non-hydrogen) atoms. The minimum Gasteiger partial charge on any atom is -0.336 e. The highest BCUT2D eigenvalue weighted by molar-refractivity contribution is 14.1. The van der Waals surface area contributed by atoms with Crippen molar-refractivity contribution in [1.29, 1.82) is 0 Å². The predicted octanol–water partition coefficient (Wildman–Crippen LogP) is 2.88. The summed E-state index contributed by atoms with van der Waals surface area (Å²) in [7, 11) is 0. The Kier molecular flexibility index (Phi) is 4.06. The second-order valence-corrected chi connectivity index (χ2v) is 9.50. The third kappa shape index (κ3) is 2.31. The standard InChI is InChI=1S/C19H25IN4O2/c1-2-4-24-18(25)15-17(23(5-3-20)19(24)26)22-16(21-15)14-12-7-10-6-11(9-12)13(14)8-10/h10-14H,2-9H2,1H3,(H,21,22). The van der Waals surface area contributed by atoms with Gasteiger partial charge < -0.3 is 4.98 Å². The molecule has 2 aromatic rings. The number of nitrogens with zero attached hydrogens (tertiary/aromatic N) is 3. The number of aromatic amines is 1. The quantitative estimate of drug-likeness (QED) is 0.542. The van der Waals surface area contributed by atoms with Crippen molar-refractivity contribution < 1.29 is 0 Å². The van der Waals surface area contributed by atoms with Crippen LogP contribution in [0.2, 0.25) is 0 Å². The zero-order valence-corrected chi connectivity index (χ0v) is 17.2. The number of aromatic nitrogens is 4. The predicted molar refractivity (Wildman–Crippen MR) is 109 cm³/mol. The van der Waals surface area contributed by atoms with Gasteiger partial charge in [0.05, 0.1) is 0 Å². The van der Waals surface area contributed by atoms with E-state index in [0.717, 1.165) is 34.4 Å². The fraction of sp³-hybridized carbons (Fsp3) is 0.737. The Labute approximate surface area is 165 Å². The molecule has 0 aliphatic heterocycles. The summed E-state index contributed by atoms with van der Waals surface area (Å²) in [6.07, 6.45) is 6.12. The molecule has 0 aromatic carbocycles. The zero-order chi connectivity index (χ0) is 18.0. The first kappa shape index (κ1) is 17.0. The lowest BCUT2D eigenvalue weighted by Crippen LogP contribution is -2.40. The first-order valence-electron chi connectivity index (χ1n) is 9.91. The van der Waals surface area contributed by atoms with E-state index in [2.05, 4.69) is 27.6 Å². The Balaban J connectivity index is 1.67. The molecule has 0 radical (unpaired) electrons. The Morgan fingerprint density at radius 1 is 1.12 bits per heavy atom. The van der Waals surface area contributed by atoms with Crippen LogP contribution in [0.3, 0.4) is 0 Å². The van der Waals surface area contributed by atoms with Gasteiger partial charge in [-0.2, -0.15) is 0 Å². The number of H-pyrrole nitrogens is 1. The topological polar surface area (TPSA) is 72.7 Å². The zero-order valence-electron chi connectivity index (χ0n) is 15.1. The largest absolute Gasteiger partial charge is 0.336 e. The highest BCUT2D eigenvalue weighted by Crippen LogP contribution is 2.63. The summed E-state index contributed by atoms with van der Waals surface area (Å²) in [5.74, 6) is 4.62. The van der Waals surface area contributed by atoms with Gasteiger partial charge in [0.2, 0.25) is 0 Å². The van der Waals surface area contributed by atoms with E-state index in [1.165, 1.54) is 30.3 Å². The Morgan fingerprint density at radius 3 is 2.65 bits per heavy atom. The fourth-order valence-electron chi connectivity index (χ4n) is 6.21. The van der Waals surface area contributed by atoms with Crippen molar-refractivity contribution in [3.05, 3.63) is 26.7 Å². The van der Waals surface area contributed by atoms with Gasteiger partial charge in [-0.05, 0) is 55.8 Å². The van der Waals surface area contributed by atoms with Gasteiger partial charge in [0, 0.05) is 23.4 Å². The van der Waals surface area contributed by atoms with E-state index in [4.69, 9.17) is 4.98 Å². The van der Waals surface area contributed by atoms with Crippen molar-refractivity contribution in [1.82, 2.24) is 19.1 Å². The molecule has 5 atom stereocenters. The van der Waals surface area contributed by atoms with Gasteiger partial charge in [0.1, 0.15) is 11.3 Å². The second-order valence-electron chi connectivity index (χ2n) is 8.42. The maximum Gasteiger partial charge on any atom is 0.332 e. The van der Waals surface area contributed by atoms with Gasteiger partial charge in [-0.1, -0.05) is 29.5 Å². The normalized spacial score (nSPS) is 32.2. The van der Waals surface area contributed by atoms with E-state index in [0.29, 0.717) is 36.1 Å². The number of halogens is 1. The summed E-state index contributed by atoms with van der Waals surface area (Å²) in [4.78, 5) is 34.0.